The molecule has 1 aromatic heterocycles. The minimum Gasteiger partial charge on any atom is -0.342 e. The molecule has 0 aliphatic heterocycles. The van der Waals surface area contributed by atoms with Crippen LogP contribution in [0.5, 0.6) is 0 Å². The zero-order valence-electron chi connectivity index (χ0n) is 15.0. The zero-order chi connectivity index (χ0) is 18.3. The van der Waals surface area contributed by atoms with Gasteiger partial charge in [0.1, 0.15) is 6.04 Å². The van der Waals surface area contributed by atoms with Crippen molar-refractivity contribution in [1.82, 2.24) is 15.1 Å². The van der Waals surface area contributed by atoms with E-state index in [0.717, 1.165) is 0 Å². The number of rotatable bonds is 8. The predicted octanol–water partition coefficient (Wildman–Crippen LogP) is 1.83. The highest BCUT2D eigenvalue weighted by atomic mass is 32.1. The minimum atomic E-state index is -0.658. The largest absolute Gasteiger partial charge is 0.342 e. The third-order valence-corrected chi connectivity index (χ3v) is 4.70. The summed E-state index contributed by atoms with van der Waals surface area (Å²) in [5.74, 6) is -0.689. The maximum absolute atomic E-state index is 12.7. The lowest BCUT2D eigenvalue weighted by Crippen LogP contribution is -2.52. The molecule has 7 heteroatoms. The number of carbonyl (C=O) groups excluding carboxylic acids is 3. The third kappa shape index (κ3) is 5.33. The molecule has 1 unspecified atom stereocenters. The molecule has 24 heavy (non-hydrogen) atoms. The Balaban J connectivity index is 2.75. The van der Waals surface area contributed by atoms with Gasteiger partial charge in [0.25, 0.3) is 5.91 Å². The lowest BCUT2D eigenvalue weighted by molar-refractivity contribution is -0.140. The van der Waals surface area contributed by atoms with Gasteiger partial charge in [0, 0.05) is 20.1 Å². The summed E-state index contributed by atoms with van der Waals surface area (Å²) in [6.45, 7) is 8.79. The van der Waals surface area contributed by atoms with Crippen LogP contribution in [0.1, 0.15) is 37.4 Å². The molecule has 0 aliphatic rings. The fourth-order valence-corrected chi connectivity index (χ4v) is 2.96. The minimum absolute atomic E-state index is 0.0125. The second-order valence-electron chi connectivity index (χ2n) is 5.93. The van der Waals surface area contributed by atoms with E-state index in [1.807, 2.05) is 33.1 Å². The van der Waals surface area contributed by atoms with Gasteiger partial charge >= 0.3 is 0 Å². The van der Waals surface area contributed by atoms with Gasteiger partial charge in [-0.3, -0.25) is 14.4 Å². The second kappa shape index (κ2) is 9.42. The van der Waals surface area contributed by atoms with Crippen LogP contribution in [0.3, 0.4) is 0 Å². The fraction of sp³-hybridized carbons (Fsp3) is 0.588. The molecule has 0 bridgehead atoms. The van der Waals surface area contributed by atoms with Crippen LogP contribution < -0.4 is 5.32 Å². The van der Waals surface area contributed by atoms with E-state index < -0.39 is 6.04 Å². The SMILES string of the molecule is CCN(CC)C(=O)CN(C)C(=O)C(NC(=O)c1cccs1)C(C)C. The monoisotopic (exact) mass is 353 g/mol. The Morgan fingerprint density at radius 3 is 2.29 bits per heavy atom. The van der Waals surface area contributed by atoms with Crippen molar-refractivity contribution in [3.05, 3.63) is 22.4 Å². The molecule has 1 N–H and O–H groups in total. The van der Waals surface area contributed by atoms with Gasteiger partial charge in [0.15, 0.2) is 0 Å². The van der Waals surface area contributed by atoms with Crippen molar-refractivity contribution in [2.75, 3.05) is 26.7 Å². The normalized spacial score (nSPS) is 11.9. The van der Waals surface area contributed by atoms with Crippen LogP contribution in [-0.2, 0) is 9.59 Å². The highest BCUT2D eigenvalue weighted by molar-refractivity contribution is 7.12. The van der Waals surface area contributed by atoms with E-state index in [-0.39, 0.29) is 30.2 Å². The molecule has 0 aliphatic carbocycles. The Kier molecular flexibility index (Phi) is 7.91. The zero-order valence-corrected chi connectivity index (χ0v) is 15.9. The number of nitrogens with zero attached hydrogens (tertiary/aromatic N) is 2. The Bertz CT molecular complexity index is 553. The summed E-state index contributed by atoms with van der Waals surface area (Å²) in [5, 5.41) is 4.60. The summed E-state index contributed by atoms with van der Waals surface area (Å²) in [6, 6.07) is 2.85. The topological polar surface area (TPSA) is 69.7 Å². The van der Waals surface area contributed by atoms with Crippen molar-refractivity contribution >= 4 is 29.1 Å². The van der Waals surface area contributed by atoms with Gasteiger partial charge in [-0.15, -0.1) is 11.3 Å². The van der Waals surface area contributed by atoms with E-state index in [2.05, 4.69) is 5.32 Å². The molecule has 1 heterocycles. The molecule has 0 saturated heterocycles. The lowest BCUT2D eigenvalue weighted by atomic mass is 10.0. The third-order valence-electron chi connectivity index (χ3n) is 3.83. The highest BCUT2D eigenvalue weighted by Gasteiger charge is 2.29. The van der Waals surface area contributed by atoms with Crippen molar-refractivity contribution < 1.29 is 14.4 Å². The second-order valence-corrected chi connectivity index (χ2v) is 6.88. The maximum atomic E-state index is 12.7. The van der Waals surface area contributed by atoms with Crippen molar-refractivity contribution in [1.29, 1.82) is 0 Å². The van der Waals surface area contributed by atoms with Gasteiger partial charge in [0.05, 0.1) is 11.4 Å². The molecule has 0 radical (unpaired) electrons. The van der Waals surface area contributed by atoms with Gasteiger partial charge in [-0.05, 0) is 31.2 Å². The first-order valence-corrected chi connectivity index (χ1v) is 9.06. The maximum Gasteiger partial charge on any atom is 0.262 e. The van der Waals surface area contributed by atoms with Crippen LogP contribution in [-0.4, -0.2) is 60.2 Å². The first-order valence-electron chi connectivity index (χ1n) is 8.18. The first kappa shape index (κ1) is 20.2. The van der Waals surface area contributed by atoms with E-state index in [0.29, 0.717) is 18.0 Å². The number of nitrogens with one attached hydrogen (secondary N) is 1. The van der Waals surface area contributed by atoms with Crippen molar-refractivity contribution in [2.45, 2.75) is 33.7 Å². The molecule has 0 fully saturated rings. The van der Waals surface area contributed by atoms with Gasteiger partial charge in [0.2, 0.25) is 11.8 Å². The van der Waals surface area contributed by atoms with Crippen molar-refractivity contribution in [3.63, 3.8) is 0 Å². The quantitative estimate of drug-likeness (QED) is 0.775. The van der Waals surface area contributed by atoms with Crippen LogP contribution in [0.2, 0.25) is 0 Å². The van der Waals surface area contributed by atoms with Crippen molar-refractivity contribution in [3.8, 4) is 0 Å². The number of carbonyl (C=O) groups is 3. The van der Waals surface area contributed by atoms with Gasteiger partial charge in [-0.1, -0.05) is 19.9 Å². The summed E-state index contributed by atoms with van der Waals surface area (Å²) in [7, 11) is 1.59. The predicted molar refractivity (Wildman–Crippen MR) is 96.0 cm³/mol. The van der Waals surface area contributed by atoms with Gasteiger partial charge < -0.3 is 15.1 Å². The summed E-state index contributed by atoms with van der Waals surface area (Å²) in [5.41, 5.74) is 0. The molecule has 3 amide bonds. The lowest BCUT2D eigenvalue weighted by Gasteiger charge is -2.28. The number of amides is 3. The van der Waals surface area contributed by atoms with E-state index in [1.54, 1.807) is 24.1 Å². The Labute approximate surface area is 147 Å². The van der Waals surface area contributed by atoms with Crippen molar-refractivity contribution in [2.24, 2.45) is 5.92 Å². The van der Waals surface area contributed by atoms with Crippen LogP contribution in [0.15, 0.2) is 17.5 Å². The molecule has 1 atom stereocenters. The van der Waals surface area contributed by atoms with Crippen LogP contribution in [0, 0.1) is 5.92 Å². The average Bonchev–Trinajstić information content (AvgIpc) is 3.07. The molecule has 0 aromatic carbocycles. The van der Waals surface area contributed by atoms with Gasteiger partial charge in [-0.2, -0.15) is 0 Å². The number of hydrogen-bond donors (Lipinski definition) is 1. The Morgan fingerprint density at radius 2 is 1.83 bits per heavy atom. The average molecular weight is 353 g/mol. The van der Waals surface area contributed by atoms with Crippen LogP contribution in [0.25, 0.3) is 0 Å². The molecule has 0 saturated carbocycles. The molecular weight excluding hydrogens is 326 g/mol. The fourth-order valence-electron chi connectivity index (χ4n) is 2.33. The molecule has 6 nitrogen and oxygen atoms in total. The first-order chi connectivity index (χ1) is 11.3. The summed E-state index contributed by atoms with van der Waals surface area (Å²) in [6.07, 6.45) is 0. The van der Waals surface area contributed by atoms with E-state index in [4.69, 9.17) is 0 Å². The molecular formula is C17H27N3O3S. The van der Waals surface area contributed by atoms with Crippen LogP contribution in [0.4, 0.5) is 0 Å². The number of hydrogen-bond acceptors (Lipinski definition) is 4. The highest BCUT2D eigenvalue weighted by Crippen LogP contribution is 2.11. The molecule has 1 rings (SSSR count). The molecule has 1 aromatic rings. The molecule has 134 valence electrons. The summed E-state index contributed by atoms with van der Waals surface area (Å²) in [4.78, 5) is 40.7. The summed E-state index contributed by atoms with van der Waals surface area (Å²) < 4.78 is 0. The Hall–Kier alpha value is -1.89. The molecule has 0 spiro atoms. The number of thiophene rings is 1. The van der Waals surface area contributed by atoms with E-state index in [1.165, 1.54) is 16.2 Å². The standard InChI is InChI=1S/C17H27N3O3S/c1-6-20(7-2)14(21)11-19(5)17(23)15(12(3)4)18-16(22)13-9-8-10-24-13/h8-10,12,15H,6-7,11H2,1-5H3,(H,18,22). The van der Waals surface area contributed by atoms with Crippen LogP contribution >= 0.6 is 11.3 Å². The van der Waals surface area contributed by atoms with Gasteiger partial charge in [-0.25, -0.2) is 0 Å². The number of likely N-dealkylation sites (N-methyl/N-ethyl adjacent to an activating group) is 2. The van der Waals surface area contributed by atoms with E-state index >= 15 is 0 Å². The Morgan fingerprint density at radius 1 is 1.21 bits per heavy atom. The van der Waals surface area contributed by atoms with E-state index in [9.17, 15) is 14.4 Å². The smallest absolute Gasteiger partial charge is 0.262 e. The summed E-state index contributed by atoms with van der Waals surface area (Å²) >= 11 is 1.33.